The molecule has 1 aromatic heterocycles. The predicted octanol–water partition coefficient (Wildman–Crippen LogP) is 5.94. The van der Waals surface area contributed by atoms with Crippen LogP contribution in [0.5, 0.6) is 5.75 Å². The van der Waals surface area contributed by atoms with Crippen molar-refractivity contribution in [3.8, 4) is 5.75 Å². The van der Waals surface area contributed by atoms with Gasteiger partial charge in [-0.2, -0.15) is 11.8 Å². The number of rotatable bonds is 10. The van der Waals surface area contributed by atoms with Gasteiger partial charge in [0.1, 0.15) is 11.6 Å². The molecule has 1 aromatic carbocycles. The Labute approximate surface area is 206 Å². The summed E-state index contributed by atoms with van der Waals surface area (Å²) in [6, 6.07) is 5.47. The third-order valence-corrected chi connectivity index (χ3v) is 9.16. The minimum absolute atomic E-state index is 0.338. The maximum absolute atomic E-state index is 14.7. The molecule has 7 heteroatoms. The van der Waals surface area contributed by atoms with Crippen LogP contribution in [0.15, 0.2) is 24.4 Å². The molecule has 4 rings (SSSR count). The first kappa shape index (κ1) is 25.2. The number of halogens is 1. The van der Waals surface area contributed by atoms with E-state index in [9.17, 15) is 14.3 Å². The van der Waals surface area contributed by atoms with Crippen molar-refractivity contribution in [2.24, 2.45) is 5.41 Å². The van der Waals surface area contributed by atoms with Gasteiger partial charge in [0.15, 0.2) is 0 Å². The summed E-state index contributed by atoms with van der Waals surface area (Å²) in [6.45, 7) is 2.72. The molecule has 2 aliphatic rings. The molecule has 1 saturated heterocycles. The molecule has 34 heavy (non-hydrogen) atoms. The normalized spacial score (nSPS) is 19.4. The summed E-state index contributed by atoms with van der Waals surface area (Å²) in [4.78, 5) is 18.9. The van der Waals surface area contributed by atoms with Gasteiger partial charge in [-0.15, -0.1) is 0 Å². The number of carbonyl (C=O) groups is 1. The fourth-order valence-electron chi connectivity index (χ4n) is 5.54. The van der Waals surface area contributed by atoms with Crippen molar-refractivity contribution >= 4 is 28.6 Å². The molecule has 1 aliphatic carbocycles. The molecule has 1 N–H and O–H groups in total. The van der Waals surface area contributed by atoms with E-state index in [4.69, 9.17) is 4.74 Å². The van der Waals surface area contributed by atoms with Crippen LogP contribution in [0.2, 0.25) is 0 Å². The molecule has 0 unspecified atom stereocenters. The molecule has 186 valence electrons. The number of methoxy groups -OCH3 is 1. The van der Waals surface area contributed by atoms with Gasteiger partial charge in [-0.05, 0) is 81.8 Å². The van der Waals surface area contributed by atoms with Gasteiger partial charge in [0.05, 0.1) is 24.2 Å². The van der Waals surface area contributed by atoms with Gasteiger partial charge >= 0.3 is 5.97 Å². The van der Waals surface area contributed by atoms with Gasteiger partial charge in [0, 0.05) is 22.9 Å². The van der Waals surface area contributed by atoms with E-state index in [2.05, 4.69) is 21.6 Å². The summed E-state index contributed by atoms with van der Waals surface area (Å²) >= 11 is 2.11. The van der Waals surface area contributed by atoms with E-state index in [1.807, 2.05) is 18.2 Å². The summed E-state index contributed by atoms with van der Waals surface area (Å²) in [5.74, 6) is 0.765. The average Bonchev–Trinajstić information content (AvgIpc) is 2.86. The summed E-state index contributed by atoms with van der Waals surface area (Å²) in [6.07, 6.45) is 11.1. The van der Waals surface area contributed by atoms with Crippen molar-refractivity contribution in [1.29, 1.82) is 0 Å². The number of likely N-dealkylation sites (tertiary alicyclic amines) is 1. The number of aliphatic carboxylic acids is 1. The van der Waals surface area contributed by atoms with Crippen LogP contribution in [0.1, 0.15) is 63.4 Å². The number of benzene rings is 1. The smallest absolute Gasteiger partial charge is 0.309 e. The number of hydrogen-bond acceptors (Lipinski definition) is 5. The summed E-state index contributed by atoms with van der Waals surface area (Å²) < 4.78 is 20.0. The summed E-state index contributed by atoms with van der Waals surface area (Å²) in [5, 5.41) is 11.7. The molecular formula is C27H37FN2O3S. The van der Waals surface area contributed by atoms with Gasteiger partial charge in [-0.3, -0.25) is 9.78 Å². The molecule has 5 nitrogen and oxygen atoms in total. The van der Waals surface area contributed by atoms with Crippen molar-refractivity contribution in [3.63, 3.8) is 0 Å². The van der Waals surface area contributed by atoms with Crippen molar-refractivity contribution in [3.05, 3.63) is 35.8 Å². The van der Waals surface area contributed by atoms with Gasteiger partial charge in [0.25, 0.3) is 0 Å². The number of thioether (sulfide) groups is 1. The number of hydrogen-bond donors (Lipinski definition) is 1. The third kappa shape index (κ3) is 6.03. The number of fused-ring (bicyclic) bond motifs is 1. The topological polar surface area (TPSA) is 62.7 Å². The lowest BCUT2D eigenvalue weighted by molar-refractivity contribution is -0.152. The fraction of sp³-hybridized carbons (Fsp3) is 0.630. The van der Waals surface area contributed by atoms with E-state index in [0.29, 0.717) is 43.4 Å². The van der Waals surface area contributed by atoms with E-state index in [-0.39, 0.29) is 5.82 Å². The monoisotopic (exact) mass is 488 g/mol. The van der Waals surface area contributed by atoms with Gasteiger partial charge in [-0.25, -0.2) is 4.39 Å². The van der Waals surface area contributed by atoms with Gasteiger partial charge in [-0.1, -0.05) is 19.3 Å². The maximum Gasteiger partial charge on any atom is 0.309 e. The van der Waals surface area contributed by atoms with Crippen LogP contribution in [0.4, 0.5) is 4.39 Å². The maximum atomic E-state index is 14.7. The van der Waals surface area contributed by atoms with E-state index in [0.717, 1.165) is 41.5 Å². The number of carboxylic acid groups (broad SMARTS) is 1. The largest absolute Gasteiger partial charge is 0.497 e. The minimum atomic E-state index is -0.704. The number of piperidine rings is 1. The van der Waals surface area contributed by atoms with Gasteiger partial charge < -0.3 is 14.7 Å². The fourth-order valence-corrected chi connectivity index (χ4v) is 6.91. The number of carboxylic acids is 1. The van der Waals surface area contributed by atoms with Crippen molar-refractivity contribution in [2.75, 3.05) is 32.5 Å². The van der Waals surface area contributed by atoms with Crippen molar-refractivity contribution in [2.45, 2.75) is 69.5 Å². The predicted molar refractivity (Wildman–Crippen MR) is 136 cm³/mol. The molecule has 1 saturated carbocycles. The summed E-state index contributed by atoms with van der Waals surface area (Å²) in [5.41, 5.74) is 0.621. The van der Waals surface area contributed by atoms with E-state index in [1.54, 1.807) is 7.11 Å². The Bertz CT molecular complexity index is 972. The highest BCUT2D eigenvalue weighted by molar-refractivity contribution is 7.99. The van der Waals surface area contributed by atoms with E-state index < -0.39 is 11.4 Å². The van der Waals surface area contributed by atoms with Crippen LogP contribution < -0.4 is 4.74 Å². The quantitative estimate of drug-likeness (QED) is 0.447. The third-order valence-electron chi connectivity index (χ3n) is 7.80. The minimum Gasteiger partial charge on any atom is -0.497 e. The number of aryl methyl sites for hydroxylation is 1. The van der Waals surface area contributed by atoms with Crippen molar-refractivity contribution < 1.29 is 19.0 Å². The molecule has 0 bridgehead atoms. The Morgan fingerprint density at radius 2 is 2.03 bits per heavy atom. The Hall–Kier alpha value is -1.86. The van der Waals surface area contributed by atoms with Crippen LogP contribution in [0.3, 0.4) is 0 Å². The second-order valence-electron chi connectivity index (χ2n) is 9.88. The first-order valence-electron chi connectivity index (χ1n) is 12.7. The number of aromatic nitrogens is 1. The second kappa shape index (κ2) is 11.7. The second-order valence-corrected chi connectivity index (χ2v) is 11.3. The molecule has 2 aromatic rings. The molecule has 0 spiro atoms. The van der Waals surface area contributed by atoms with Crippen LogP contribution in [0, 0.1) is 11.2 Å². The first-order chi connectivity index (χ1) is 16.5. The summed E-state index contributed by atoms with van der Waals surface area (Å²) in [7, 11) is 1.59. The first-order valence-corrected chi connectivity index (χ1v) is 13.7. The van der Waals surface area contributed by atoms with Crippen molar-refractivity contribution in [1.82, 2.24) is 9.88 Å². The highest BCUT2D eigenvalue weighted by Gasteiger charge is 2.40. The highest BCUT2D eigenvalue weighted by Crippen LogP contribution is 2.38. The zero-order valence-corrected chi connectivity index (χ0v) is 21.0. The molecule has 1 aliphatic heterocycles. The SMILES string of the molecule is COc1ccc2ncc(F)c(CCCC3(C(=O)O)CCN(CCSC4CCCCC4)CC3)c2c1. The number of nitrogens with zero attached hydrogens (tertiary/aromatic N) is 2. The number of pyridine rings is 1. The lowest BCUT2D eigenvalue weighted by Crippen LogP contribution is -2.45. The Morgan fingerprint density at radius 1 is 1.26 bits per heavy atom. The molecular weight excluding hydrogens is 451 g/mol. The van der Waals surface area contributed by atoms with Crippen LogP contribution >= 0.6 is 11.8 Å². The van der Waals surface area contributed by atoms with E-state index >= 15 is 0 Å². The standard InChI is InChI=1S/C27H37FN2O3S/c1-33-20-9-10-25-23(18-20)22(24(28)19-29-25)8-5-11-27(26(31)32)12-14-30(15-13-27)16-17-34-21-6-3-2-4-7-21/h9-10,18-19,21H,2-8,11-17H2,1H3,(H,31,32). The number of ether oxygens (including phenoxy) is 1. The Kier molecular flexibility index (Phi) is 8.70. The lowest BCUT2D eigenvalue weighted by atomic mass is 9.74. The molecule has 0 amide bonds. The Balaban J connectivity index is 1.31. The lowest BCUT2D eigenvalue weighted by Gasteiger charge is -2.39. The molecule has 0 atom stereocenters. The van der Waals surface area contributed by atoms with Gasteiger partial charge in [0.2, 0.25) is 0 Å². The molecule has 2 fully saturated rings. The highest BCUT2D eigenvalue weighted by atomic mass is 32.2. The average molecular weight is 489 g/mol. The molecule has 0 radical (unpaired) electrons. The van der Waals surface area contributed by atoms with Crippen LogP contribution in [-0.2, 0) is 11.2 Å². The van der Waals surface area contributed by atoms with E-state index in [1.165, 1.54) is 38.3 Å². The molecule has 2 heterocycles. The zero-order chi connectivity index (χ0) is 24.0. The zero-order valence-electron chi connectivity index (χ0n) is 20.2. The van der Waals surface area contributed by atoms with Crippen LogP contribution in [-0.4, -0.2) is 58.7 Å². The van der Waals surface area contributed by atoms with Crippen LogP contribution in [0.25, 0.3) is 10.9 Å². The Morgan fingerprint density at radius 3 is 2.74 bits per heavy atom.